The number of fused-ring (bicyclic) bond motifs is 1. The lowest BCUT2D eigenvalue weighted by Gasteiger charge is -2.06. The third kappa shape index (κ3) is 3.60. The van der Waals surface area contributed by atoms with Crippen molar-refractivity contribution < 1.29 is 14.3 Å². The Morgan fingerprint density at radius 2 is 2.18 bits per heavy atom. The second-order valence-electron chi connectivity index (χ2n) is 5.08. The van der Waals surface area contributed by atoms with Crippen LogP contribution in [0.15, 0.2) is 12.3 Å². The number of unbranched alkanes of at least 4 members (excludes halogenated alkanes) is 1. The molecule has 2 heterocycles. The van der Waals surface area contributed by atoms with Gasteiger partial charge in [0, 0.05) is 25.2 Å². The lowest BCUT2D eigenvalue weighted by Crippen LogP contribution is -2.29. The van der Waals surface area contributed by atoms with E-state index in [1.807, 2.05) is 13.8 Å². The molecule has 0 fully saturated rings. The van der Waals surface area contributed by atoms with Gasteiger partial charge in [-0.25, -0.2) is 9.78 Å². The molecule has 7 nitrogen and oxygen atoms in total. The second-order valence-corrected chi connectivity index (χ2v) is 5.08. The number of esters is 1. The van der Waals surface area contributed by atoms with Crippen LogP contribution in [0.3, 0.4) is 0 Å². The van der Waals surface area contributed by atoms with Crippen molar-refractivity contribution in [2.75, 3.05) is 13.2 Å². The molecule has 0 aromatic carbocycles. The van der Waals surface area contributed by atoms with Gasteiger partial charge in [-0.2, -0.15) is 5.10 Å². The normalized spacial score (nSPS) is 10.7. The predicted molar refractivity (Wildman–Crippen MR) is 81.4 cm³/mol. The maximum atomic E-state index is 12.0. The van der Waals surface area contributed by atoms with E-state index >= 15 is 0 Å². The van der Waals surface area contributed by atoms with Gasteiger partial charge in [0.25, 0.3) is 5.91 Å². The summed E-state index contributed by atoms with van der Waals surface area (Å²) in [6, 6.07) is 1.68. The highest BCUT2D eigenvalue weighted by molar-refractivity contribution is 5.94. The molecule has 0 aliphatic carbocycles. The summed E-state index contributed by atoms with van der Waals surface area (Å²) in [4.78, 5) is 27.7. The van der Waals surface area contributed by atoms with E-state index in [1.165, 1.54) is 6.20 Å². The number of hydrogen-bond donors (Lipinski definition) is 1. The molecule has 1 N–H and O–H groups in total. The smallest absolute Gasteiger partial charge is 0.340 e. The lowest BCUT2D eigenvalue weighted by molar-refractivity contribution is -0.124. The third-order valence-corrected chi connectivity index (χ3v) is 3.29. The monoisotopic (exact) mass is 304 g/mol. The number of aromatic nitrogens is 3. The number of carbonyl (C=O) groups excluding carboxylic acids is 2. The van der Waals surface area contributed by atoms with Crippen LogP contribution in [0.25, 0.3) is 11.0 Å². The standard InChI is InChI=1S/C15H20N4O3/c1-4-5-6-16-13(20)9-22-15(21)11-7-12-10(2)18-19(3)14(12)17-8-11/h7-8H,4-6,9H2,1-3H3,(H,16,20). The quantitative estimate of drug-likeness (QED) is 0.643. The number of ether oxygens (including phenoxy) is 1. The van der Waals surface area contributed by atoms with Crippen LogP contribution in [0.5, 0.6) is 0 Å². The summed E-state index contributed by atoms with van der Waals surface area (Å²) >= 11 is 0. The molecule has 0 radical (unpaired) electrons. The Kier molecular flexibility index (Phi) is 5.08. The maximum absolute atomic E-state index is 12.0. The van der Waals surface area contributed by atoms with Gasteiger partial charge in [-0.1, -0.05) is 13.3 Å². The molecule has 0 unspecified atom stereocenters. The van der Waals surface area contributed by atoms with Crippen molar-refractivity contribution in [2.24, 2.45) is 7.05 Å². The molecule has 0 aliphatic rings. The highest BCUT2D eigenvalue weighted by Gasteiger charge is 2.14. The molecular formula is C15H20N4O3. The van der Waals surface area contributed by atoms with Crippen molar-refractivity contribution in [3.63, 3.8) is 0 Å². The van der Waals surface area contributed by atoms with Gasteiger partial charge in [-0.3, -0.25) is 9.48 Å². The lowest BCUT2D eigenvalue weighted by atomic mass is 10.2. The molecule has 2 aromatic heterocycles. The van der Waals surface area contributed by atoms with E-state index in [9.17, 15) is 9.59 Å². The van der Waals surface area contributed by atoms with Crippen LogP contribution in [0.4, 0.5) is 0 Å². The number of hydrogen-bond acceptors (Lipinski definition) is 5. The molecule has 2 rings (SSSR count). The zero-order valence-corrected chi connectivity index (χ0v) is 13.0. The molecule has 0 saturated carbocycles. The average Bonchev–Trinajstić information content (AvgIpc) is 2.79. The van der Waals surface area contributed by atoms with Gasteiger partial charge in [0.05, 0.1) is 11.3 Å². The predicted octanol–water partition coefficient (Wildman–Crippen LogP) is 1.35. The van der Waals surface area contributed by atoms with E-state index in [0.29, 0.717) is 17.8 Å². The highest BCUT2D eigenvalue weighted by atomic mass is 16.5. The summed E-state index contributed by atoms with van der Waals surface area (Å²) in [5.74, 6) is -0.864. The topological polar surface area (TPSA) is 86.1 Å². The van der Waals surface area contributed by atoms with Crippen LogP contribution in [0.2, 0.25) is 0 Å². The van der Waals surface area contributed by atoms with Gasteiger partial charge in [-0.15, -0.1) is 0 Å². The number of aryl methyl sites for hydroxylation is 2. The van der Waals surface area contributed by atoms with Crippen molar-refractivity contribution in [1.29, 1.82) is 0 Å². The Labute approximate surface area is 128 Å². The van der Waals surface area contributed by atoms with E-state index in [4.69, 9.17) is 4.74 Å². The minimum Gasteiger partial charge on any atom is -0.452 e. The zero-order valence-electron chi connectivity index (χ0n) is 13.0. The summed E-state index contributed by atoms with van der Waals surface area (Å²) in [5.41, 5.74) is 1.80. The number of pyridine rings is 1. The summed E-state index contributed by atoms with van der Waals surface area (Å²) < 4.78 is 6.65. The van der Waals surface area contributed by atoms with Crippen LogP contribution in [-0.4, -0.2) is 39.8 Å². The van der Waals surface area contributed by atoms with E-state index in [-0.39, 0.29) is 12.5 Å². The van der Waals surface area contributed by atoms with Crippen molar-refractivity contribution in [2.45, 2.75) is 26.7 Å². The summed E-state index contributed by atoms with van der Waals surface area (Å²) in [6.07, 6.45) is 3.33. The summed E-state index contributed by atoms with van der Waals surface area (Å²) in [6.45, 7) is 4.19. The molecule has 0 bridgehead atoms. The average molecular weight is 304 g/mol. The van der Waals surface area contributed by atoms with E-state index in [1.54, 1.807) is 17.8 Å². The van der Waals surface area contributed by atoms with Crippen molar-refractivity contribution in [3.05, 3.63) is 23.5 Å². The Morgan fingerprint density at radius 3 is 2.91 bits per heavy atom. The van der Waals surface area contributed by atoms with Crippen molar-refractivity contribution >= 4 is 22.9 Å². The second kappa shape index (κ2) is 7.02. The van der Waals surface area contributed by atoms with E-state index < -0.39 is 5.97 Å². The highest BCUT2D eigenvalue weighted by Crippen LogP contribution is 2.16. The first-order chi connectivity index (χ1) is 10.5. The van der Waals surface area contributed by atoms with Crippen LogP contribution in [-0.2, 0) is 16.6 Å². The van der Waals surface area contributed by atoms with E-state index in [0.717, 1.165) is 23.9 Å². The largest absolute Gasteiger partial charge is 0.452 e. The maximum Gasteiger partial charge on any atom is 0.340 e. The van der Waals surface area contributed by atoms with Gasteiger partial charge in [0.1, 0.15) is 0 Å². The van der Waals surface area contributed by atoms with Gasteiger partial charge in [0.15, 0.2) is 12.3 Å². The van der Waals surface area contributed by atoms with Gasteiger partial charge >= 0.3 is 5.97 Å². The van der Waals surface area contributed by atoms with E-state index in [2.05, 4.69) is 15.4 Å². The van der Waals surface area contributed by atoms with Crippen LogP contribution in [0.1, 0.15) is 35.8 Å². The number of carbonyl (C=O) groups is 2. The number of amides is 1. The van der Waals surface area contributed by atoms with Crippen molar-refractivity contribution in [1.82, 2.24) is 20.1 Å². The molecule has 0 spiro atoms. The molecule has 22 heavy (non-hydrogen) atoms. The van der Waals surface area contributed by atoms with Crippen molar-refractivity contribution in [3.8, 4) is 0 Å². The molecule has 0 atom stereocenters. The number of rotatable bonds is 6. The fraction of sp³-hybridized carbons (Fsp3) is 0.467. The molecule has 118 valence electrons. The Bertz CT molecular complexity index is 693. The zero-order chi connectivity index (χ0) is 16.1. The summed E-state index contributed by atoms with van der Waals surface area (Å²) in [7, 11) is 1.79. The van der Waals surface area contributed by atoms with Crippen LogP contribution < -0.4 is 5.32 Å². The fourth-order valence-electron chi connectivity index (χ4n) is 2.09. The molecule has 2 aromatic rings. The Balaban J connectivity index is 1.98. The minimum atomic E-state index is -0.566. The first-order valence-corrected chi connectivity index (χ1v) is 7.26. The first-order valence-electron chi connectivity index (χ1n) is 7.26. The van der Waals surface area contributed by atoms with Gasteiger partial charge in [-0.05, 0) is 19.4 Å². The van der Waals surface area contributed by atoms with Crippen LogP contribution in [0, 0.1) is 6.92 Å². The van der Waals surface area contributed by atoms with Gasteiger partial charge < -0.3 is 10.1 Å². The molecule has 7 heteroatoms. The number of nitrogens with one attached hydrogen (secondary N) is 1. The first kappa shape index (κ1) is 15.9. The molecule has 0 saturated heterocycles. The molecular weight excluding hydrogens is 284 g/mol. The molecule has 1 amide bonds. The number of nitrogens with zero attached hydrogens (tertiary/aromatic N) is 3. The minimum absolute atomic E-state index is 0.285. The Morgan fingerprint density at radius 1 is 1.41 bits per heavy atom. The third-order valence-electron chi connectivity index (χ3n) is 3.29. The molecule has 0 aliphatic heterocycles. The fourth-order valence-corrected chi connectivity index (χ4v) is 2.09. The van der Waals surface area contributed by atoms with Gasteiger partial charge in [0.2, 0.25) is 0 Å². The van der Waals surface area contributed by atoms with Crippen LogP contribution >= 0.6 is 0 Å². The Hall–Kier alpha value is -2.44. The SMILES string of the molecule is CCCCNC(=O)COC(=O)c1cnc2c(c1)c(C)nn2C. The summed E-state index contributed by atoms with van der Waals surface area (Å²) in [5, 5.41) is 7.73.